The first-order valence-electron chi connectivity index (χ1n) is 10.6. The van der Waals surface area contributed by atoms with E-state index in [1.807, 2.05) is 30.3 Å². The molecule has 0 fully saturated rings. The molecular weight excluding hydrogens is 486 g/mol. The summed E-state index contributed by atoms with van der Waals surface area (Å²) in [5.74, 6) is -0.374. The van der Waals surface area contributed by atoms with Crippen LogP contribution in [-0.2, 0) is 22.1 Å². The quantitative estimate of drug-likeness (QED) is 0.271. The number of nitro groups is 1. The molecule has 2 aromatic carbocycles. The van der Waals surface area contributed by atoms with Crippen LogP contribution in [0, 0.1) is 10.1 Å². The van der Waals surface area contributed by atoms with E-state index in [0.29, 0.717) is 12.1 Å². The number of hydrogen-bond donors (Lipinski definition) is 0. The summed E-state index contributed by atoms with van der Waals surface area (Å²) < 4.78 is 25.9. The van der Waals surface area contributed by atoms with Crippen molar-refractivity contribution in [2.24, 2.45) is 0 Å². The zero-order valence-electron chi connectivity index (χ0n) is 18.5. The minimum absolute atomic E-state index is 0.0251. The molecule has 4 aromatic rings. The summed E-state index contributed by atoms with van der Waals surface area (Å²) in [5.41, 5.74) is 3.48. The molecule has 1 aliphatic heterocycles. The van der Waals surface area contributed by atoms with E-state index < -0.39 is 26.2 Å². The van der Waals surface area contributed by atoms with Gasteiger partial charge in [-0.1, -0.05) is 18.2 Å². The predicted molar refractivity (Wildman–Crippen MR) is 133 cm³/mol. The van der Waals surface area contributed by atoms with Crippen LogP contribution in [0.1, 0.15) is 21.5 Å². The fourth-order valence-corrected chi connectivity index (χ4v) is 6.62. The lowest BCUT2D eigenvalue weighted by Crippen LogP contribution is -2.17. The fraction of sp³-hybridized carbons (Fsp3) is 0.120. The summed E-state index contributed by atoms with van der Waals surface area (Å²) in [6, 6.07) is 16.8. The van der Waals surface area contributed by atoms with Gasteiger partial charge in [0.15, 0.2) is 9.84 Å². The Morgan fingerprint density at radius 1 is 1.03 bits per heavy atom. The summed E-state index contributed by atoms with van der Waals surface area (Å²) in [5, 5.41) is 11.3. The summed E-state index contributed by atoms with van der Waals surface area (Å²) in [6.45, 7) is 0.584. The Morgan fingerprint density at radius 3 is 2.54 bits per heavy atom. The second-order valence-electron chi connectivity index (χ2n) is 8.26. The molecule has 0 saturated heterocycles. The molecular formula is C25H19N3O5S2. The van der Waals surface area contributed by atoms with Crippen molar-refractivity contribution in [2.75, 3.05) is 7.05 Å². The van der Waals surface area contributed by atoms with Crippen LogP contribution in [0.5, 0.6) is 0 Å². The molecule has 1 amide bonds. The van der Waals surface area contributed by atoms with Crippen molar-refractivity contribution in [1.82, 2.24) is 9.88 Å². The number of benzene rings is 2. The number of hydrogen-bond acceptors (Lipinski definition) is 7. The van der Waals surface area contributed by atoms with Crippen LogP contribution < -0.4 is 0 Å². The van der Waals surface area contributed by atoms with Gasteiger partial charge in [-0.25, -0.2) is 8.42 Å². The number of amides is 1. The Hall–Kier alpha value is -3.89. The van der Waals surface area contributed by atoms with Crippen molar-refractivity contribution in [3.05, 3.63) is 99.9 Å². The molecule has 0 radical (unpaired) electrons. The average Bonchev–Trinajstić information content (AvgIpc) is 3.44. The van der Waals surface area contributed by atoms with Gasteiger partial charge in [0, 0.05) is 52.9 Å². The molecule has 35 heavy (non-hydrogen) atoms. The Kier molecular flexibility index (Phi) is 5.70. The van der Waals surface area contributed by atoms with Crippen molar-refractivity contribution < 1.29 is 18.1 Å². The topological polar surface area (TPSA) is 110 Å². The molecule has 3 heterocycles. The van der Waals surface area contributed by atoms with Gasteiger partial charge >= 0.3 is 0 Å². The minimum Gasteiger partial charge on any atom is -0.337 e. The first kappa shape index (κ1) is 22.9. The van der Waals surface area contributed by atoms with Crippen LogP contribution in [0.3, 0.4) is 0 Å². The summed E-state index contributed by atoms with van der Waals surface area (Å²) >= 11 is 1.54. The van der Waals surface area contributed by atoms with Crippen LogP contribution in [0.15, 0.2) is 78.0 Å². The predicted octanol–water partition coefficient (Wildman–Crippen LogP) is 4.94. The van der Waals surface area contributed by atoms with Gasteiger partial charge in [-0.15, -0.1) is 11.3 Å². The lowest BCUT2D eigenvalue weighted by atomic mass is 10.1. The van der Waals surface area contributed by atoms with E-state index in [1.54, 1.807) is 24.2 Å². The van der Waals surface area contributed by atoms with E-state index in [9.17, 15) is 23.3 Å². The molecule has 0 bridgehead atoms. The van der Waals surface area contributed by atoms with Gasteiger partial charge in [-0.05, 0) is 53.1 Å². The molecule has 2 aromatic heterocycles. The van der Waals surface area contributed by atoms with E-state index in [2.05, 4.69) is 4.98 Å². The van der Waals surface area contributed by atoms with Crippen LogP contribution in [0.25, 0.3) is 20.9 Å². The number of carbonyl (C=O) groups excluding carboxylic acids is 1. The highest BCUT2D eigenvalue weighted by Crippen LogP contribution is 2.36. The zero-order valence-corrected chi connectivity index (χ0v) is 20.2. The molecule has 0 unspecified atom stereocenters. The molecule has 0 N–H and O–H groups in total. The smallest absolute Gasteiger partial charge is 0.287 e. The van der Waals surface area contributed by atoms with Gasteiger partial charge < -0.3 is 4.90 Å². The summed E-state index contributed by atoms with van der Waals surface area (Å²) in [4.78, 5) is 30.3. The molecule has 0 atom stereocenters. The number of carbonyl (C=O) groups is 1. The Labute approximate surface area is 205 Å². The highest BCUT2D eigenvalue weighted by Gasteiger charge is 2.26. The van der Waals surface area contributed by atoms with Crippen molar-refractivity contribution in [2.45, 2.75) is 17.2 Å². The number of para-hydroxylation sites is 1. The van der Waals surface area contributed by atoms with Crippen LogP contribution in [-0.4, -0.2) is 36.2 Å². The molecule has 176 valence electrons. The van der Waals surface area contributed by atoms with Gasteiger partial charge in [0.1, 0.15) is 4.90 Å². The molecule has 5 rings (SSSR count). The van der Waals surface area contributed by atoms with Gasteiger partial charge in [0.2, 0.25) is 0 Å². The molecule has 8 nitrogen and oxygen atoms in total. The van der Waals surface area contributed by atoms with Gasteiger partial charge in [-0.3, -0.25) is 19.9 Å². The highest BCUT2D eigenvalue weighted by molar-refractivity contribution is 7.90. The van der Waals surface area contributed by atoms with Gasteiger partial charge in [0.05, 0.1) is 10.7 Å². The SMILES string of the molecule is CN1Cc2cc(-c3ccc(-c4cncc(CS(=O)(=O)c5ccccc5[N+](=O)[O-])c4)s3)ccc2C1=O. The number of nitro benzene ring substituents is 1. The van der Waals surface area contributed by atoms with Crippen LogP contribution >= 0.6 is 11.3 Å². The van der Waals surface area contributed by atoms with E-state index in [4.69, 9.17) is 0 Å². The fourth-order valence-electron chi connectivity index (χ4n) is 4.14. The number of sulfone groups is 1. The number of pyridine rings is 1. The van der Waals surface area contributed by atoms with Crippen molar-refractivity contribution in [3.8, 4) is 20.9 Å². The molecule has 0 spiro atoms. The van der Waals surface area contributed by atoms with E-state index >= 15 is 0 Å². The van der Waals surface area contributed by atoms with Crippen LogP contribution in [0.2, 0.25) is 0 Å². The third-order valence-electron chi connectivity index (χ3n) is 5.81. The largest absolute Gasteiger partial charge is 0.337 e. The average molecular weight is 506 g/mol. The Bertz CT molecular complexity index is 1590. The first-order chi connectivity index (χ1) is 16.7. The Balaban J connectivity index is 1.42. The van der Waals surface area contributed by atoms with Crippen molar-refractivity contribution >= 4 is 32.8 Å². The number of rotatable bonds is 6. The lowest BCUT2D eigenvalue weighted by Gasteiger charge is -2.06. The molecule has 1 aliphatic rings. The standard InChI is InChI=1S/C25H19N3O5S2/c1-27-14-19-11-17(6-7-20(19)25(27)29)22-8-9-23(34-22)18-10-16(12-26-13-18)15-35(32,33)24-5-3-2-4-21(24)28(30)31/h2-13H,14-15H2,1H3. The van der Waals surface area contributed by atoms with Crippen molar-refractivity contribution in [3.63, 3.8) is 0 Å². The molecule has 0 saturated carbocycles. The summed E-state index contributed by atoms with van der Waals surface area (Å²) in [7, 11) is -2.17. The zero-order chi connectivity index (χ0) is 24.7. The lowest BCUT2D eigenvalue weighted by molar-refractivity contribution is -0.387. The summed E-state index contributed by atoms with van der Waals surface area (Å²) in [6.07, 6.45) is 3.12. The number of nitrogens with zero attached hydrogens (tertiary/aromatic N) is 3. The maximum Gasteiger partial charge on any atom is 0.287 e. The number of thiophene rings is 1. The van der Waals surface area contributed by atoms with Crippen molar-refractivity contribution in [1.29, 1.82) is 0 Å². The second kappa shape index (κ2) is 8.71. The minimum atomic E-state index is -3.95. The number of fused-ring (bicyclic) bond motifs is 1. The second-order valence-corrected chi connectivity index (χ2v) is 11.3. The Morgan fingerprint density at radius 2 is 1.77 bits per heavy atom. The van der Waals surface area contributed by atoms with Gasteiger partial charge in [0.25, 0.3) is 11.6 Å². The third-order valence-corrected chi connectivity index (χ3v) is 8.73. The maximum atomic E-state index is 12.9. The monoisotopic (exact) mass is 505 g/mol. The van der Waals surface area contributed by atoms with E-state index in [0.717, 1.165) is 32.0 Å². The van der Waals surface area contributed by atoms with E-state index in [-0.39, 0.29) is 10.8 Å². The van der Waals surface area contributed by atoms with E-state index in [1.165, 1.54) is 41.8 Å². The van der Waals surface area contributed by atoms with Gasteiger partial charge in [-0.2, -0.15) is 0 Å². The normalized spacial score (nSPS) is 13.2. The number of aromatic nitrogens is 1. The molecule has 10 heteroatoms. The maximum absolute atomic E-state index is 12.9. The third kappa shape index (κ3) is 4.33. The first-order valence-corrected chi connectivity index (χ1v) is 13.1. The highest BCUT2D eigenvalue weighted by atomic mass is 32.2. The van der Waals surface area contributed by atoms with Crippen LogP contribution in [0.4, 0.5) is 5.69 Å². The molecule has 0 aliphatic carbocycles.